The summed E-state index contributed by atoms with van der Waals surface area (Å²) < 4.78 is 29.2. The van der Waals surface area contributed by atoms with Crippen molar-refractivity contribution in [2.24, 2.45) is 13.0 Å². The molecular weight excluding hydrogens is 412 g/mol. The second-order valence-electron chi connectivity index (χ2n) is 7.79. The van der Waals surface area contributed by atoms with Gasteiger partial charge in [-0.1, -0.05) is 30.2 Å². The van der Waals surface area contributed by atoms with E-state index in [9.17, 15) is 13.2 Å². The van der Waals surface area contributed by atoms with E-state index in [0.29, 0.717) is 36.6 Å². The molecule has 0 unspecified atom stereocenters. The Morgan fingerprint density at radius 3 is 2.66 bits per heavy atom. The largest absolute Gasteiger partial charge is 0.349 e. The van der Waals surface area contributed by atoms with Gasteiger partial charge in [0.1, 0.15) is 5.82 Å². The van der Waals surface area contributed by atoms with Crippen LogP contribution in [-0.4, -0.2) is 34.7 Å². The van der Waals surface area contributed by atoms with Crippen LogP contribution < -0.4 is 5.32 Å². The topological polar surface area (TPSA) is 84.3 Å². The lowest BCUT2D eigenvalue weighted by Gasteiger charge is -2.26. The van der Waals surface area contributed by atoms with Gasteiger partial charge in [0.25, 0.3) is 0 Å². The fourth-order valence-electron chi connectivity index (χ4n) is 3.78. The lowest BCUT2D eigenvalue weighted by molar-refractivity contribution is -0.127. The molecule has 7 nitrogen and oxygen atoms in total. The van der Waals surface area contributed by atoms with Gasteiger partial charge in [-0.15, -0.1) is 0 Å². The Kier molecular flexibility index (Phi) is 5.68. The summed E-state index contributed by atoms with van der Waals surface area (Å²) in [6.45, 7) is 1.08. The number of hydrogen-bond acceptors (Lipinski definition) is 4. The van der Waals surface area contributed by atoms with Crippen molar-refractivity contribution in [2.45, 2.75) is 44.5 Å². The molecule has 9 heteroatoms. The summed E-state index contributed by atoms with van der Waals surface area (Å²) in [5, 5.41) is 3.55. The molecule has 1 aromatic heterocycles. The van der Waals surface area contributed by atoms with Crippen LogP contribution in [0.4, 0.5) is 0 Å². The molecule has 2 aromatic rings. The number of benzene rings is 1. The van der Waals surface area contributed by atoms with Crippen molar-refractivity contribution >= 4 is 27.5 Å². The molecule has 1 fully saturated rings. The van der Waals surface area contributed by atoms with E-state index in [1.807, 2.05) is 11.6 Å². The van der Waals surface area contributed by atoms with E-state index < -0.39 is 10.0 Å². The van der Waals surface area contributed by atoms with Crippen LogP contribution in [0.25, 0.3) is 0 Å². The molecule has 1 N–H and O–H groups in total. The number of fused-ring (bicyclic) bond motifs is 1. The van der Waals surface area contributed by atoms with Gasteiger partial charge in [0.05, 0.1) is 30.2 Å². The van der Waals surface area contributed by atoms with Gasteiger partial charge >= 0.3 is 0 Å². The Labute approximate surface area is 176 Å². The number of aromatic nitrogens is 2. The van der Waals surface area contributed by atoms with Crippen molar-refractivity contribution < 1.29 is 13.2 Å². The second-order valence-corrected chi connectivity index (χ2v) is 10.2. The maximum atomic E-state index is 12.9. The normalized spacial score (nSPS) is 17.6. The quantitative estimate of drug-likeness (QED) is 0.753. The Balaban J connectivity index is 1.44. The van der Waals surface area contributed by atoms with Crippen molar-refractivity contribution in [1.82, 2.24) is 19.2 Å². The average Bonchev–Trinajstić information content (AvgIpc) is 2.96. The van der Waals surface area contributed by atoms with E-state index in [1.165, 1.54) is 4.31 Å². The van der Waals surface area contributed by atoms with Gasteiger partial charge in [-0.3, -0.25) is 4.79 Å². The first-order chi connectivity index (χ1) is 13.8. The minimum atomic E-state index is -3.45. The third-order valence-electron chi connectivity index (χ3n) is 5.87. The number of carbonyl (C=O) groups is 1. The molecule has 0 radical (unpaired) electrons. The molecule has 1 aliphatic heterocycles. The SMILES string of the molecule is Cn1c(CNC(=O)C2CCC2)nc2c1CN(S(=O)(=O)Cc1ccc(Cl)cc1)CC2. The highest BCUT2D eigenvalue weighted by atomic mass is 35.5. The molecule has 1 amide bonds. The average molecular weight is 437 g/mol. The number of carbonyl (C=O) groups excluding carboxylic acids is 1. The molecule has 2 heterocycles. The summed E-state index contributed by atoms with van der Waals surface area (Å²) in [7, 11) is -1.57. The summed E-state index contributed by atoms with van der Waals surface area (Å²) in [5.41, 5.74) is 2.52. The lowest BCUT2D eigenvalue weighted by Crippen LogP contribution is -2.37. The van der Waals surface area contributed by atoms with Gasteiger partial charge in [-0.05, 0) is 30.5 Å². The zero-order valence-corrected chi connectivity index (χ0v) is 18.0. The zero-order chi connectivity index (χ0) is 20.6. The van der Waals surface area contributed by atoms with Crippen molar-refractivity contribution in [3.63, 3.8) is 0 Å². The molecule has 29 heavy (non-hydrogen) atoms. The number of rotatable bonds is 6. The van der Waals surface area contributed by atoms with Gasteiger partial charge < -0.3 is 9.88 Å². The van der Waals surface area contributed by atoms with Crippen LogP contribution in [0.3, 0.4) is 0 Å². The maximum Gasteiger partial charge on any atom is 0.223 e. The van der Waals surface area contributed by atoms with Gasteiger partial charge in [-0.2, -0.15) is 4.31 Å². The van der Waals surface area contributed by atoms with E-state index in [4.69, 9.17) is 11.6 Å². The molecule has 156 valence electrons. The number of imidazole rings is 1. The molecule has 0 spiro atoms. The monoisotopic (exact) mass is 436 g/mol. The Morgan fingerprint density at radius 2 is 2.00 bits per heavy atom. The van der Waals surface area contributed by atoms with E-state index in [0.717, 1.165) is 36.5 Å². The highest BCUT2D eigenvalue weighted by Gasteiger charge is 2.31. The van der Waals surface area contributed by atoms with Crippen LogP contribution in [0.15, 0.2) is 24.3 Å². The van der Waals surface area contributed by atoms with E-state index in [1.54, 1.807) is 24.3 Å². The van der Waals surface area contributed by atoms with E-state index in [-0.39, 0.29) is 17.6 Å². The Hall–Kier alpha value is -1.90. The van der Waals surface area contributed by atoms with Crippen molar-refractivity contribution in [3.05, 3.63) is 52.1 Å². The summed E-state index contributed by atoms with van der Waals surface area (Å²) in [6.07, 6.45) is 3.61. The van der Waals surface area contributed by atoms with Crippen molar-refractivity contribution in [3.8, 4) is 0 Å². The smallest absolute Gasteiger partial charge is 0.223 e. The highest BCUT2D eigenvalue weighted by molar-refractivity contribution is 7.88. The summed E-state index contributed by atoms with van der Waals surface area (Å²) in [4.78, 5) is 16.7. The van der Waals surface area contributed by atoms with Gasteiger partial charge in [0.15, 0.2) is 0 Å². The van der Waals surface area contributed by atoms with Crippen LogP contribution in [0, 0.1) is 5.92 Å². The third kappa shape index (κ3) is 4.34. The van der Waals surface area contributed by atoms with E-state index >= 15 is 0 Å². The number of amides is 1. The minimum absolute atomic E-state index is 0.0539. The van der Waals surface area contributed by atoms with Gasteiger partial charge in [-0.25, -0.2) is 13.4 Å². The van der Waals surface area contributed by atoms with Crippen LogP contribution in [0.1, 0.15) is 42.0 Å². The molecule has 0 atom stereocenters. The fraction of sp³-hybridized carbons (Fsp3) is 0.500. The standard InChI is InChI=1S/C20H25ClN4O3S/c1-24-18-12-25(29(27,28)13-14-5-7-16(21)8-6-14)10-9-17(18)23-19(24)11-22-20(26)15-3-2-4-15/h5-8,15H,2-4,9-13H2,1H3,(H,22,26). The molecule has 1 aromatic carbocycles. The first-order valence-electron chi connectivity index (χ1n) is 9.87. The molecule has 0 saturated heterocycles. The predicted octanol–water partition coefficient (Wildman–Crippen LogP) is 2.38. The Morgan fingerprint density at radius 1 is 1.28 bits per heavy atom. The van der Waals surface area contributed by atoms with Crippen molar-refractivity contribution in [1.29, 1.82) is 0 Å². The first kappa shape index (κ1) is 20.4. The molecule has 4 rings (SSSR count). The second kappa shape index (κ2) is 8.08. The third-order valence-corrected chi connectivity index (χ3v) is 7.91. The van der Waals surface area contributed by atoms with E-state index in [2.05, 4.69) is 10.3 Å². The number of halogens is 1. The summed E-state index contributed by atoms with van der Waals surface area (Å²) >= 11 is 5.89. The number of sulfonamides is 1. The zero-order valence-electron chi connectivity index (χ0n) is 16.4. The molecule has 1 saturated carbocycles. The molecule has 1 aliphatic carbocycles. The van der Waals surface area contributed by atoms with Crippen LogP contribution in [-0.2, 0) is 47.1 Å². The number of nitrogens with one attached hydrogen (secondary N) is 1. The highest BCUT2D eigenvalue weighted by Crippen LogP contribution is 2.27. The first-order valence-corrected chi connectivity index (χ1v) is 11.9. The maximum absolute atomic E-state index is 12.9. The summed E-state index contributed by atoms with van der Waals surface area (Å²) in [5.74, 6) is 0.934. The lowest BCUT2D eigenvalue weighted by atomic mass is 9.85. The summed E-state index contributed by atoms with van der Waals surface area (Å²) in [6, 6.07) is 6.88. The van der Waals surface area contributed by atoms with Crippen molar-refractivity contribution in [2.75, 3.05) is 6.54 Å². The predicted molar refractivity (Wildman–Crippen MR) is 111 cm³/mol. The molecular formula is C20H25ClN4O3S. The van der Waals surface area contributed by atoms with Crippen LogP contribution >= 0.6 is 11.6 Å². The Bertz CT molecular complexity index is 1010. The molecule has 0 bridgehead atoms. The van der Waals surface area contributed by atoms with Crippen LogP contribution in [0.5, 0.6) is 0 Å². The molecule has 2 aliphatic rings. The van der Waals surface area contributed by atoms with Gasteiger partial charge in [0, 0.05) is 31.0 Å². The number of nitrogens with zero attached hydrogens (tertiary/aromatic N) is 3. The van der Waals surface area contributed by atoms with Gasteiger partial charge in [0.2, 0.25) is 15.9 Å². The minimum Gasteiger partial charge on any atom is -0.349 e. The van der Waals surface area contributed by atoms with Crippen LogP contribution in [0.2, 0.25) is 5.02 Å². The fourth-order valence-corrected chi connectivity index (χ4v) is 5.39. The number of hydrogen-bond donors (Lipinski definition) is 1.